The average Bonchev–Trinajstić information content (AvgIpc) is 2.58. The van der Waals surface area contributed by atoms with Crippen LogP contribution in [-0.2, 0) is 4.79 Å². The molecular weight excluding hydrogens is 176 g/mol. The number of carbonyl (C=O) groups excluding carboxylic acids is 1. The van der Waals surface area contributed by atoms with E-state index in [2.05, 4.69) is 24.5 Å². The molecule has 3 nitrogen and oxygen atoms in total. The minimum Gasteiger partial charge on any atom is -0.356 e. The second kappa shape index (κ2) is 3.54. The number of hydrogen-bond donors (Lipinski definition) is 2. The summed E-state index contributed by atoms with van der Waals surface area (Å²) in [4.78, 5) is 11.6. The van der Waals surface area contributed by atoms with Gasteiger partial charge in [0, 0.05) is 13.1 Å². The van der Waals surface area contributed by atoms with Gasteiger partial charge in [-0.3, -0.25) is 4.79 Å². The Bertz CT molecular complexity index is 231. The Morgan fingerprint density at radius 3 is 2.79 bits per heavy atom. The summed E-state index contributed by atoms with van der Waals surface area (Å²) in [5, 5.41) is 6.28. The molecule has 1 amide bonds. The van der Waals surface area contributed by atoms with Gasteiger partial charge in [-0.2, -0.15) is 0 Å². The average molecular weight is 196 g/mol. The molecule has 2 fully saturated rings. The van der Waals surface area contributed by atoms with Crippen molar-refractivity contribution >= 4 is 5.91 Å². The maximum atomic E-state index is 11.6. The Morgan fingerprint density at radius 1 is 1.57 bits per heavy atom. The van der Waals surface area contributed by atoms with Crippen LogP contribution in [0.5, 0.6) is 0 Å². The molecule has 0 aromatic heterocycles. The summed E-state index contributed by atoms with van der Waals surface area (Å²) in [6.07, 6.45) is 2.26. The molecule has 1 unspecified atom stereocenters. The van der Waals surface area contributed by atoms with Crippen molar-refractivity contribution in [2.45, 2.75) is 26.7 Å². The largest absolute Gasteiger partial charge is 0.356 e. The van der Waals surface area contributed by atoms with Gasteiger partial charge in [0.1, 0.15) is 0 Å². The molecule has 2 aliphatic rings. The number of carbonyl (C=O) groups is 1. The molecule has 0 aromatic rings. The zero-order chi connectivity index (χ0) is 10.2. The quantitative estimate of drug-likeness (QED) is 0.699. The molecule has 2 N–H and O–H groups in total. The zero-order valence-electron chi connectivity index (χ0n) is 9.10. The van der Waals surface area contributed by atoms with Crippen LogP contribution in [0.1, 0.15) is 26.7 Å². The van der Waals surface area contributed by atoms with E-state index in [1.165, 1.54) is 6.42 Å². The molecule has 1 aliphatic carbocycles. The van der Waals surface area contributed by atoms with Gasteiger partial charge >= 0.3 is 0 Å². The van der Waals surface area contributed by atoms with Gasteiger partial charge in [-0.1, -0.05) is 13.8 Å². The van der Waals surface area contributed by atoms with Crippen molar-refractivity contribution in [1.29, 1.82) is 0 Å². The topological polar surface area (TPSA) is 41.1 Å². The first-order valence-electron chi connectivity index (χ1n) is 5.58. The van der Waals surface area contributed by atoms with Gasteiger partial charge in [-0.05, 0) is 30.7 Å². The molecule has 14 heavy (non-hydrogen) atoms. The minimum atomic E-state index is 0.219. The molecule has 1 aliphatic heterocycles. The van der Waals surface area contributed by atoms with E-state index in [4.69, 9.17) is 0 Å². The smallest absolute Gasteiger partial charge is 0.224 e. The Morgan fingerprint density at radius 2 is 2.29 bits per heavy atom. The van der Waals surface area contributed by atoms with Crippen LogP contribution in [0.3, 0.4) is 0 Å². The Hall–Kier alpha value is -0.570. The summed E-state index contributed by atoms with van der Waals surface area (Å²) >= 11 is 0. The van der Waals surface area contributed by atoms with Crippen molar-refractivity contribution in [3.63, 3.8) is 0 Å². The fourth-order valence-corrected chi connectivity index (χ4v) is 2.17. The van der Waals surface area contributed by atoms with Crippen molar-refractivity contribution in [1.82, 2.24) is 10.6 Å². The summed E-state index contributed by atoms with van der Waals surface area (Å²) in [7, 11) is 0. The third-order valence-corrected chi connectivity index (χ3v) is 3.67. The van der Waals surface area contributed by atoms with Crippen LogP contribution in [0.15, 0.2) is 0 Å². The van der Waals surface area contributed by atoms with Crippen LogP contribution in [0.25, 0.3) is 0 Å². The third-order valence-electron chi connectivity index (χ3n) is 3.67. The van der Waals surface area contributed by atoms with E-state index >= 15 is 0 Å². The van der Waals surface area contributed by atoms with Crippen LogP contribution in [-0.4, -0.2) is 25.5 Å². The molecule has 1 heterocycles. The highest BCUT2D eigenvalue weighted by atomic mass is 16.1. The van der Waals surface area contributed by atoms with Crippen molar-refractivity contribution in [2.75, 3.05) is 19.6 Å². The molecule has 1 saturated heterocycles. The molecule has 80 valence electrons. The lowest BCUT2D eigenvalue weighted by molar-refractivity contribution is -0.124. The van der Waals surface area contributed by atoms with Gasteiger partial charge < -0.3 is 10.6 Å². The normalized spacial score (nSPS) is 34.1. The molecule has 3 heteroatoms. The fraction of sp³-hybridized carbons (Fsp3) is 0.909. The molecule has 0 aromatic carbocycles. The van der Waals surface area contributed by atoms with Crippen LogP contribution in [0.2, 0.25) is 0 Å². The summed E-state index contributed by atoms with van der Waals surface area (Å²) in [6, 6.07) is 0. The van der Waals surface area contributed by atoms with Crippen molar-refractivity contribution in [3.05, 3.63) is 0 Å². The third kappa shape index (κ3) is 2.08. The lowest BCUT2D eigenvalue weighted by atomic mass is 10.1. The number of rotatable bonds is 3. The monoisotopic (exact) mass is 196 g/mol. The van der Waals surface area contributed by atoms with E-state index in [1.54, 1.807) is 0 Å². The van der Waals surface area contributed by atoms with Gasteiger partial charge in [-0.15, -0.1) is 0 Å². The van der Waals surface area contributed by atoms with Gasteiger partial charge in [-0.25, -0.2) is 0 Å². The molecule has 2 rings (SSSR count). The highest BCUT2D eigenvalue weighted by Gasteiger charge is 2.45. The molecule has 2 atom stereocenters. The maximum Gasteiger partial charge on any atom is 0.224 e. The molecular formula is C11H20N2O. The van der Waals surface area contributed by atoms with Crippen LogP contribution < -0.4 is 10.6 Å². The van der Waals surface area contributed by atoms with Crippen LogP contribution in [0, 0.1) is 17.3 Å². The zero-order valence-corrected chi connectivity index (χ0v) is 9.10. The summed E-state index contributed by atoms with van der Waals surface area (Å²) < 4.78 is 0. The molecule has 1 saturated carbocycles. The molecule has 0 spiro atoms. The van der Waals surface area contributed by atoms with Crippen molar-refractivity contribution in [3.8, 4) is 0 Å². The lowest BCUT2D eigenvalue weighted by Gasteiger charge is -2.10. The molecule has 0 radical (unpaired) electrons. The first kappa shape index (κ1) is 9.97. The van der Waals surface area contributed by atoms with Gasteiger partial charge in [0.2, 0.25) is 5.91 Å². The van der Waals surface area contributed by atoms with Gasteiger partial charge in [0.25, 0.3) is 0 Å². The van der Waals surface area contributed by atoms with Crippen molar-refractivity contribution < 1.29 is 4.79 Å². The van der Waals surface area contributed by atoms with E-state index in [0.717, 1.165) is 26.1 Å². The summed E-state index contributed by atoms with van der Waals surface area (Å²) in [6.45, 7) is 7.26. The standard InChI is InChI=1S/C11H20N2O/c1-11(2)5-9(11)7-13-10(14)8-3-4-12-6-8/h8-9,12H,3-7H2,1-2H3,(H,13,14)/t8-,9?/m1/s1. The van der Waals surface area contributed by atoms with Crippen molar-refractivity contribution in [2.24, 2.45) is 17.3 Å². The van der Waals surface area contributed by atoms with E-state index < -0.39 is 0 Å². The van der Waals surface area contributed by atoms with Gasteiger partial charge in [0.15, 0.2) is 0 Å². The van der Waals surface area contributed by atoms with Gasteiger partial charge in [0.05, 0.1) is 5.92 Å². The van der Waals surface area contributed by atoms with Crippen LogP contribution >= 0.6 is 0 Å². The highest BCUT2D eigenvalue weighted by molar-refractivity contribution is 5.79. The summed E-state index contributed by atoms with van der Waals surface area (Å²) in [5.74, 6) is 1.18. The second-order valence-corrected chi connectivity index (χ2v) is 5.32. The minimum absolute atomic E-state index is 0.219. The number of nitrogens with one attached hydrogen (secondary N) is 2. The SMILES string of the molecule is CC1(C)CC1CNC(=O)[C@@H]1CCNC1. The second-order valence-electron chi connectivity index (χ2n) is 5.32. The number of hydrogen-bond acceptors (Lipinski definition) is 2. The van der Waals surface area contributed by atoms with E-state index in [1.807, 2.05) is 0 Å². The predicted octanol–water partition coefficient (Wildman–Crippen LogP) is 0.758. The first-order valence-corrected chi connectivity index (χ1v) is 5.58. The predicted molar refractivity (Wildman–Crippen MR) is 55.9 cm³/mol. The van der Waals surface area contributed by atoms with E-state index in [0.29, 0.717) is 11.3 Å². The van der Waals surface area contributed by atoms with Crippen LogP contribution in [0.4, 0.5) is 0 Å². The maximum absolute atomic E-state index is 11.6. The Labute approximate surface area is 85.6 Å². The Kier molecular flexibility index (Phi) is 2.52. The lowest BCUT2D eigenvalue weighted by Crippen LogP contribution is -2.33. The number of amides is 1. The summed E-state index contributed by atoms with van der Waals surface area (Å²) in [5.41, 5.74) is 0.473. The fourth-order valence-electron chi connectivity index (χ4n) is 2.17. The van der Waals surface area contributed by atoms with E-state index in [-0.39, 0.29) is 11.8 Å². The van der Waals surface area contributed by atoms with E-state index in [9.17, 15) is 4.79 Å². The Balaban J connectivity index is 1.68. The molecule has 0 bridgehead atoms. The highest BCUT2D eigenvalue weighted by Crippen LogP contribution is 2.50. The first-order chi connectivity index (χ1) is 6.59.